The molecule has 9 heteroatoms. The molecule has 1 atom stereocenters. The van der Waals surface area contributed by atoms with E-state index in [1.807, 2.05) is 6.07 Å². The summed E-state index contributed by atoms with van der Waals surface area (Å²) in [5.74, 6) is 1.24. The molecule has 0 aromatic heterocycles. The largest absolute Gasteiger partial charge is 0.493 e. The summed E-state index contributed by atoms with van der Waals surface area (Å²) in [5, 5.41) is 2.71. The third kappa shape index (κ3) is 3.74. The average Bonchev–Trinajstić information content (AvgIpc) is 3.31. The van der Waals surface area contributed by atoms with Gasteiger partial charge in [0.2, 0.25) is 6.79 Å². The van der Waals surface area contributed by atoms with Crippen molar-refractivity contribution in [3.8, 4) is 23.0 Å². The monoisotopic (exact) mass is 426 g/mol. The number of carbonyl (C=O) groups is 3. The molecule has 3 amide bonds. The molecule has 0 unspecified atom stereocenters. The van der Waals surface area contributed by atoms with Crippen molar-refractivity contribution in [1.29, 1.82) is 0 Å². The van der Waals surface area contributed by atoms with Gasteiger partial charge >= 0.3 is 6.03 Å². The molecule has 0 radical (unpaired) electrons. The Hall–Kier alpha value is -3.75. The number of rotatable bonds is 7. The standard InChI is InChI=1S/C22H22N2O7/c1-22(10-13-4-6-17-19(8-13)31-12-30-17)20(26)24(21(27)23-22)11-15(25)14-5-7-16(28-2)18(9-14)29-3/h4-9H,10-12H2,1-3H3,(H,23,27)/t22-/m1/s1. The van der Waals surface area contributed by atoms with E-state index in [0.717, 1.165) is 10.5 Å². The van der Waals surface area contributed by atoms with E-state index >= 15 is 0 Å². The van der Waals surface area contributed by atoms with E-state index in [-0.39, 0.29) is 19.8 Å². The smallest absolute Gasteiger partial charge is 0.325 e. The Morgan fingerprint density at radius 2 is 1.81 bits per heavy atom. The van der Waals surface area contributed by atoms with Crippen LogP contribution >= 0.6 is 0 Å². The molecule has 1 fully saturated rings. The van der Waals surface area contributed by atoms with Crippen LogP contribution in [-0.4, -0.2) is 55.7 Å². The number of urea groups is 1. The van der Waals surface area contributed by atoms with Gasteiger partial charge in [-0.15, -0.1) is 0 Å². The van der Waals surface area contributed by atoms with E-state index < -0.39 is 23.3 Å². The number of imide groups is 1. The van der Waals surface area contributed by atoms with E-state index in [9.17, 15) is 14.4 Å². The molecule has 9 nitrogen and oxygen atoms in total. The highest BCUT2D eigenvalue weighted by molar-refractivity contribution is 6.11. The molecule has 0 spiro atoms. The number of carbonyl (C=O) groups excluding carboxylic acids is 3. The molecule has 31 heavy (non-hydrogen) atoms. The first kappa shape index (κ1) is 20.5. The van der Waals surface area contributed by atoms with Crippen LogP contribution in [0.3, 0.4) is 0 Å². The number of amides is 3. The van der Waals surface area contributed by atoms with Crippen molar-refractivity contribution in [2.45, 2.75) is 18.9 Å². The van der Waals surface area contributed by atoms with Crippen LogP contribution in [0.1, 0.15) is 22.8 Å². The Kier molecular flexibility index (Phi) is 5.18. The summed E-state index contributed by atoms with van der Waals surface area (Å²) in [6, 6.07) is 9.43. The number of nitrogens with zero attached hydrogens (tertiary/aromatic N) is 1. The lowest BCUT2D eigenvalue weighted by Crippen LogP contribution is -2.46. The zero-order chi connectivity index (χ0) is 22.2. The van der Waals surface area contributed by atoms with Gasteiger partial charge in [-0.05, 0) is 42.8 Å². The lowest BCUT2D eigenvalue weighted by molar-refractivity contribution is -0.130. The van der Waals surface area contributed by atoms with Crippen molar-refractivity contribution >= 4 is 17.7 Å². The second-order valence-corrected chi connectivity index (χ2v) is 7.51. The Bertz CT molecular complexity index is 1070. The molecule has 4 rings (SSSR count). The van der Waals surface area contributed by atoms with Crippen molar-refractivity contribution in [1.82, 2.24) is 10.2 Å². The molecule has 2 heterocycles. The number of fused-ring (bicyclic) bond motifs is 1. The van der Waals surface area contributed by atoms with Gasteiger partial charge < -0.3 is 24.3 Å². The third-order valence-electron chi connectivity index (χ3n) is 5.35. The highest BCUT2D eigenvalue weighted by atomic mass is 16.7. The van der Waals surface area contributed by atoms with Gasteiger partial charge in [0, 0.05) is 12.0 Å². The van der Waals surface area contributed by atoms with Gasteiger partial charge in [-0.1, -0.05) is 6.07 Å². The molecule has 2 aliphatic rings. The van der Waals surface area contributed by atoms with Crippen LogP contribution in [0.15, 0.2) is 36.4 Å². The fraction of sp³-hybridized carbons (Fsp3) is 0.318. The second-order valence-electron chi connectivity index (χ2n) is 7.51. The van der Waals surface area contributed by atoms with Crippen molar-refractivity contribution in [2.75, 3.05) is 27.6 Å². The summed E-state index contributed by atoms with van der Waals surface area (Å²) in [7, 11) is 2.96. The van der Waals surface area contributed by atoms with Crippen molar-refractivity contribution in [3.63, 3.8) is 0 Å². The Morgan fingerprint density at radius 3 is 2.55 bits per heavy atom. The molecule has 0 aliphatic carbocycles. The van der Waals surface area contributed by atoms with Crippen molar-refractivity contribution in [3.05, 3.63) is 47.5 Å². The summed E-state index contributed by atoms with van der Waals surface area (Å²) in [6.07, 6.45) is 0.245. The quantitative estimate of drug-likeness (QED) is 0.535. The second kappa shape index (κ2) is 7.82. The van der Waals surface area contributed by atoms with E-state index in [0.29, 0.717) is 28.6 Å². The van der Waals surface area contributed by atoms with Gasteiger partial charge in [0.05, 0.1) is 20.8 Å². The van der Waals surface area contributed by atoms with Crippen LogP contribution in [0, 0.1) is 0 Å². The number of hydrogen-bond acceptors (Lipinski definition) is 7. The van der Waals surface area contributed by atoms with Crippen LogP contribution in [-0.2, 0) is 11.2 Å². The molecular weight excluding hydrogens is 404 g/mol. The van der Waals surface area contributed by atoms with Gasteiger partial charge in [-0.3, -0.25) is 14.5 Å². The van der Waals surface area contributed by atoms with E-state index in [1.54, 1.807) is 31.2 Å². The normalized spacial score (nSPS) is 19.4. The number of benzene rings is 2. The van der Waals surface area contributed by atoms with E-state index in [1.165, 1.54) is 20.3 Å². The average molecular weight is 426 g/mol. The summed E-state index contributed by atoms with van der Waals surface area (Å²) in [5.41, 5.74) is -0.0704. The molecule has 2 aliphatic heterocycles. The van der Waals surface area contributed by atoms with Crippen LogP contribution in [0.4, 0.5) is 4.79 Å². The fourth-order valence-corrected chi connectivity index (χ4v) is 3.71. The van der Waals surface area contributed by atoms with E-state index in [4.69, 9.17) is 18.9 Å². The molecule has 2 aromatic carbocycles. The summed E-state index contributed by atoms with van der Waals surface area (Å²) in [4.78, 5) is 39.3. The number of hydrogen-bond donors (Lipinski definition) is 1. The highest BCUT2D eigenvalue weighted by Crippen LogP contribution is 2.34. The number of nitrogens with one attached hydrogen (secondary N) is 1. The molecule has 2 aromatic rings. The Labute approximate surface area is 178 Å². The van der Waals surface area contributed by atoms with Crippen molar-refractivity contribution < 1.29 is 33.3 Å². The third-order valence-corrected chi connectivity index (χ3v) is 5.35. The topological polar surface area (TPSA) is 103 Å². The van der Waals surface area contributed by atoms with Gasteiger partial charge in [0.15, 0.2) is 28.8 Å². The molecular formula is C22H22N2O7. The number of ether oxygens (including phenoxy) is 4. The zero-order valence-electron chi connectivity index (χ0n) is 17.4. The molecule has 0 saturated carbocycles. The molecule has 162 valence electrons. The first-order valence-corrected chi connectivity index (χ1v) is 9.62. The van der Waals surface area contributed by atoms with Gasteiger partial charge in [-0.2, -0.15) is 0 Å². The van der Waals surface area contributed by atoms with Crippen LogP contribution in [0.2, 0.25) is 0 Å². The maximum absolute atomic E-state index is 13.1. The highest BCUT2D eigenvalue weighted by Gasteiger charge is 2.48. The minimum absolute atomic E-state index is 0.151. The zero-order valence-corrected chi connectivity index (χ0v) is 17.4. The minimum Gasteiger partial charge on any atom is -0.493 e. The predicted octanol–water partition coefficient (Wildman–Crippen LogP) is 2.17. The number of ketones is 1. The number of Topliss-reactive ketones (excluding diaryl/α,β-unsaturated/α-hetero) is 1. The molecule has 1 N–H and O–H groups in total. The Balaban J connectivity index is 1.49. The van der Waals surface area contributed by atoms with E-state index in [2.05, 4.69) is 5.32 Å². The summed E-state index contributed by atoms with van der Waals surface area (Å²) in [6.45, 7) is 1.41. The van der Waals surface area contributed by atoms with Gasteiger partial charge in [0.1, 0.15) is 5.54 Å². The van der Waals surface area contributed by atoms with Crippen LogP contribution in [0.5, 0.6) is 23.0 Å². The fourth-order valence-electron chi connectivity index (χ4n) is 3.71. The van der Waals surface area contributed by atoms with Crippen LogP contribution < -0.4 is 24.3 Å². The first-order chi connectivity index (χ1) is 14.8. The Morgan fingerprint density at radius 1 is 1.06 bits per heavy atom. The number of methoxy groups -OCH3 is 2. The molecule has 1 saturated heterocycles. The summed E-state index contributed by atoms with van der Waals surface area (Å²) < 4.78 is 21.1. The maximum atomic E-state index is 13.1. The SMILES string of the molecule is COc1ccc(C(=O)CN2C(=O)N[C@](C)(Cc3ccc4c(c3)OCO4)C2=O)cc1OC. The lowest BCUT2D eigenvalue weighted by Gasteiger charge is -2.22. The lowest BCUT2D eigenvalue weighted by atomic mass is 9.92. The summed E-state index contributed by atoms with van der Waals surface area (Å²) >= 11 is 0. The molecule has 0 bridgehead atoms. The van der Waals surface area contributed by atoms with Gasteiger partial charge in [0.25, 0.3) is 5.91 Å². The maximum Gasteiger partial charge on any atom is 0.325 e. The first-order valence-electron chi connectivity index (χ1n) is 9.62. The predicted molar refractivity (Wildman–Crippen MR) is 109 cm³/mol. The minimum atomic E-state index is -1.18. The van der Waals surface area contributed by atoms with Gasteiger partial charge in [-0.25, -0.2) is 4.79 Å². The van der Waals surface area contributed by atoms with Crippen molar-refractivity contribution in [2.24, 2.45) is 0 Å². The van der Waals surface area contributed by atoms with Crippen LogP contribution in [0.25, 0.3) is 0 Å².